The van der Waals surface area contributed by atoms with Crippen molar-refractivity contribution in [1.82, 2.24) is 4.98 Å². The molecule has 0 aliphatic rings. The second-order valence-corrected chi connectivity index (χ2v) is 5.36. The van der Waals surface area contributed by atoms with Gasteiger partial charge in [0.1, 0.15) is 11.6 Å². The molecular weight excluding hydrogens is 314 g/mol. The molecule has 5 heteroatoms. The summed E-state index contributed by atoms with van der Waals surface area (Å²) in [5.74, 6) is -1.17. The van der Waals surface area contributed by atoms with E-state index >= 15 is 0 Å². The van der Waals surface area contributed by atoms with Crippen molar-refractivity contribution in [1.29, 1.82) is 0 Å². The lowest BCUT2D eigenvalue weighted by Gasteiger charge is -2.14. The average Bonchev–Trinajstić information content (AvgIpc) is 2.33. The first-order valence-corrected chi connectivity index (χ1v) is 6.57. The largest absolute Gasteiger partial charge is 0.324 e. The molecule has 1 unspecified atom stereocenters. The molecule has 1 atom stereocenters. The van der Waals surface area contributed by atoms with Crippen LogP contribution in [0.15, 0.2) is 35.1 Å². The lowest BCUT2D eigenvalue weighted by molar-refractivity contribution is 0.549. The fourth-order valence-corrected chi connectivity index (χ4v) is 2.31. The lowest BCUT2D eigenvalue weighted by Crippen LogP contribution is -2.15. The third-order valence-corrected chi connectivity index (χ3v) is 3.33. The van der Waals surface area contributed by atoms with Crippen molar-refractivity contribution in [2.75, 3.05) is 0 Å². The third kappa shape index (κ3) is 3.36. The Morgan fingerprint density at radius 1 is 1.21 bits per heavy atom. The zero-order valence-electron chi connectivity index (χ0n) is 10.3. The second kappa shape index (κ2) is 5.75. The van der Waals surface area contributed by atoms with Crippen molar-refractivity contribution >= 4 is 15.9 Å². The number of aryl methyl sites for hydroxylation is 1. The van der Waals surface area contributed by atoms with Gasteiger partial charge in [-0.1, -0.05) is 0 Å². The molecule has 2 nitrogen and oxygen atoms in total. The van der Waals surface area contributed by atoms with Gasteiger partial charge in [0.25, 0.3) is 0 Å². The first-order valence-electron chi connectivity index (χ1n) is 5.78. The minimum atomic E-state index is -0.612. The van der Waals surface area contributed by atoms with Gasteiger partial charge in [0, 0.05) is 34.5 Å². The summed E-state index contributed by atoms with van der Waals surface area (Å²) in [5, 5.41) is 0. The van der Waals surface area contributed by atoms with E-state index in [4.69, 9.17) is 5.73 Å². The molecule has 0 saturated carbocycles. The number of nitrogens with zero attached hydrogens (tertiary/aromatic N) is 1. The van der Waals surface area contributed by atoms with E-state index in [1.54, 1.807) is 19.3 Å². The first-order chi connectivity index (χ1) is 8.97. The molecule has 100 valence electrons. The fraction of sp³-hybridized carbons (Fsp3) is 0.214. The smallest absolute Gasteiger partial charge is 0.130 e. The van der Waals surface area contributed by atoms with E-state index in [9.17, 15) is 8.78 Å². The highest BCUT2D eigenvalue weighted by atomic mass is 79.9. The van der Waals surface area contributed by atoms with Crippen molar-refractivity contribution in [2.45, 2.75) is 19.4 Å². The van der Waals surface area contributed by atoms with Crippen LogP contribution < -0.4 is 5.73 Å². The predicted molar refractivity (Wildman–Crippen MR) is 73.7 cm³/mol. The molecule has 19 heavy (non-hydrogen) atoms. The van der Waals surface area contributed by atoms with E-state index in [2.05, 4.69) is 20.9 Å². The molecule has 2 N–H and O–H groups in total. The number of halogens is 3. The number of nitrogens with two attached hydrogens (primary N) is 1. The van der Waals surface area contributed by atoms with Crippen LogP contribution in [-0.2, 0) is 6.42 Å². The van der Waals surface area contributed by atoms with Crippen LogP contribution in [0.3, 0.4) is 0 Å². The standard InChI is InChI=1S/C14H13BrF2N2/c1-8-2-11(13(17)5-12(8)16)14(18)4-9-3-10(15)7-19-6-9/h2-3,5-7,14H,4,18H2,1H3. The molecule has 0 radical (unpaired) electrons. The number of hydrogen-bond donors (Lipinski definition) is 1. The van der Waals surface area contributed by atoms with Gasteiger partial charge in [-0.3, -0.25) is 4.98 Å². The molecule has 0 fully saturated rings. The first kappa shape index (κ1) is 14.1. The molecule has 0 amide bonds. The molecule has 2 aromatic rings. The van der Waals surface area contributed by atoms with Crippen LogP contribution in [-0.4, -0.2) is 4.98 Å². The van der Waals surface area contributed by atoms with Crippen LogP contribution in [0, 0.1) is 18.6 Å². The van der Waals surface area contributed by atoms with Crippen molar-refractivity contribution < 1.29 is 8.78 Å². The van der Waals surface area contributed by atoms with E-state index in [1.807, 2.05) is 6.07 Å². The molecule has 0 saturated heterocycles. The summed E-state index contributed by atoms with van der Waals surface area (Å²) >= 11 is 3.32. The number of aromatic nitrogens is 1. The number of rotatable bonds is 3. The summed E-state index contributed by atoms with van der Waals surface area (Å²) in [7, 11) is 0. The highest BCUT2D eigenvalue weighted by Gasteiger charge is 2.15. The van der Waals surface area contributed by atoms with Gasteiger partial charge in [0.2, 0.25) is 0 Å². The van der Waals surface area contributed by atoms with Gasteiger partial charge in [-0.25, -0.2) is 8.78 Å². The minimum absolute atomic E-state index is 0.318. The zero-order chi connectivity index (χ0) is 14.0. The van der Waals surface area contributed by atoms with Crippen molar-refractivity contribution in [3.63, 3.8) is 0 Å². The molecule has 2 rings (SSSR count). The van der Waals surface area contributed by atoms with Crippen LogP contribution in [0.25, 0.3) is 0 Å². The highest BCUT2D eigenvalue weighted by molar-refractivity contribution is 9.10. The van der Waals surface area contributed by atoms with E-state index in [0.717, 1.165) is 16.1 Å². The Bertz CT molecular complexity index is 602. The Balaban J connectivity index is 2.25. The molecule has 1 heterocycles. The van der Waals surface area contributed by atoms with E-state index in [0.29, 0.717) is 17.5 Å². The Morgan fingerprint density at radius 2 is 1.95 bits per heavy atom. The normalized spacial score (nSPS) is 12.5. The fourth-order valence-electron chi connectivity index (χ4n) is 1.90. The molecular formula is C14H13BrF2N2. The SMILES string of the molecule is Cc1cc(C(N)Cc2cncc(Br)c2)c(F)cc1F. The minimum Gasteiger partial charge on any atom is -0.324 e. The predicted octanol–water partition coefficient (Wildman–Crippen LogP) is 3.67. The van der Waals surface area contributed by atoms with Crippen LogP contribution in [0.2, 0.25) is 0 Å². The summed E-state index contributed by atoms with van der Waals surface area (Å²) in [6.07, 6.45) is 3.78. The maximum Gasteiger partial charge on any atom is 0.130 e. The van der Waals surface area contributed by atoms with E-state index < -0.39 is 17.7 Å². The van der Waals surface area contributed by atoms with Crippen LogP contribution in [0.5, 0.6) is 0 Å². The topological polar surface area (TPSA) is 38.9 Å². The van der Waals surface area contributed by atoms with Crippen LogP contribution in [0.4, 0.5) is 8.78 Å². The second-order valence-electron chi connectivity index (χ2n) is 4.44. The summed E-state index contributed by atoms with van der Waals surface area (Å²) in [4.78, 5) is 4.03. The summed E-state index contributed by atoms with van der Waals surface area (Å²) in [5.41, 5.74) is 7.59. The summed E-state index contributed by atoms with van der Waals surface area (Å²) in [6.45, 7) is 1.59. The average molecular weight is 327 g/mol. The maximum atomic E-state index is 13.7. The van der Waals surface area contributed by atoms with Gasteiger partial charge in [0.05, 0.1) is 0 Å². The highest BCUT2D eigenvalue weighted by Crippen LogP contribution is 2.23. The van der Waals surface area contributed by atoms with E-state index in [-0.39, 0.29) is 0 Å². The van der Waals surface area contributed by atoms with E-state index in [1.165, 1.54) is 6.07 Å². The van der Waals surface area contributed by atoms with Crippen LogP contribution in [0.1, 0.15) is 22.7 Å². The van der Waals surface area contributed by atoms with Gasteiger partial charge in [-0.15, -0.1) is 0 Å². The molecule has 1 aromatic carbocycles. The van der Waals surface area contributed by atoms with Crippen molar-refractivity contribution in [3.8, 4) is 0 Å². The van der Waals surface area contributed by atoms with Gasteiger partial charge < -0.3 is 5.73 Å². The van der Waals surface area contributed by atoms with Crippen LogP contribution >= 0.6 is 15.9 Å². The van der Waals surface area contributed by atoms with Gasteiger partial charge in [0.15, 0.2) is 0 Å². The Labute approximate surface area is 118 Å². The number of benzene rings is 1. The third-order valence-electron chi connectivity index (χ3n) is 2.89. The van der Waals surface area contributed by atoms with Gasteiger partial charge in [-0.2, -0.15) is 0 Å². The Morgan fingerprint density at radius 3 is 2.63 bits per heavy atom. The Kier molecular flexibility index (Phi) is 4.27. The summed E-state index contributed by atoms with van der Waals surface area (Å²) < 4.78 is 27.8. The Hall–Kier alpha value is -1.33. The molecule has 0 spiro atoms. The van der Waals surface area contributed by atoms with Gasteiger partial charge in [-0.05, 0) is 52.5 Å². The lowest BCUT2D eigenvalue weighted by atomic mass is 9.98. The summed E-state index contributed by atoms with van der Waals surface area (Å²) in [6, 6.07) is 3.68. The van der Waals surface area contributed by atoms with Crippen molar-refractivity contribution in [3.05, 3.63) is 63.4 Å². The van der Waals surface area contributed by atoms with Gasteiger partial charge >= 0.3 is 0 Å². The molecule has 0 aliphatic carbocycles. The molecule has 0 aliphatic heterocycles. The quantitative estimate of drug-likeness (QED) is 0.934. The molecule has 0 bridgehead atoms. The zero-order valence-corrected chi connectivity index (χ0v) is 11.9. The monoisotopic (exact) mass is 326 g/mol. The maximum absolute atomic E-state index is 13.7. The number of hydrogen-bond acceptors (Lipinski definition) is 2. The molecule has 1 aromatic heterocycles. The number of pyridine rings is 1. The van der Waals surface area contributed by atoms with Crippen molar-refractivity contribution in [2.24, 2.45) is 5.73 Å².